The molecule has 0 aliphatic heterocycles. The van der Waals surface area contributed by atoms with Crippen molar-refractivity contribution in [1.82, 2.24) is 0 Å². The van der Waals surface area contributed by atoms with E-state index in [4.69, 9.17) is 13.0 Å². The lowest BCUT2D eigenvalue weighted by molar-refractivity contribution is 0.100. The molecule has 0 N–H and O–H groups in total. The summed E-state index contributed by atoms with van der Waals surface area (Å²) in [5, 5.41) is 0.248. The molecule has 0 amide bonds. The Morgan fingerprint density at radius 1 is 0.889 bits per heavy atom. The van der Waals surface area contributed by atoms with Gasteiger partial charge in [0.05, 0.1) is 18.5 Å². The van der Waals surface area contributed by atoms with Crippen molar-refractivity contribution in [1.29, 1.82) is 0 Å². The fraction of sp³-hybridized carbons (Fsp3) is 1.00. The summed E-state index contributed by atoms with van der Waals surface area (Å²) in [4.78, 5) is 0. The molecule has 0 heterocycles. The highest BCUT2D eigenvalue weighted by molar-refractivity contribution is 7.86. The highest BCUT2D eigenvalue weighted by Gasteiger charge is 2.46. The Hall–Kier alpha value is 0.264. The van der Waals surface area contributed by atoms with Gasteiger partial charge in [-0.15, -0.1) is 0 Å². The summed E-state index contributed by atoms with van der Waals surface area (Å²) in [7, 11) is -7.30. The van der Waals surface area contributed by atoms with E-state index in [9.17, 15) is 8.42 Å². The van der Waals surface area contributed by atoms with E-state index in [0.29, 0.717) is 19.4 Å². The first-order valence-electron chi connectivity index (χ1n) is 9.95. The summed E-state index contributed by atoms with van der Waals surface area (Å²) < 4.78 is 41.7. The summed E-state index contributed by atoms with van der Waals surface area (Å²) in [5.74, 6) is 0.167. The molecule has 0 aromatic carbocycles. The van der Waals surface area contributed by atoms with Gasteiger partial charge in [-0.05, 0) is 42.7 Å². The fourth-order valence-electron chi connectivity index (χ4n) is 2.77. The minimum Gasteiger partial charge on any atom is -0.416 e. The van der Waals surface area contributed by atoms with Crippen LogP contribution in [0, 0.1) is 5.92 Å². The molecular formula is C19H42O5SSi2. The largest absolute Gasteiger partial charge is 0.416 e. The minimum atomic E-state index is -3.47. The zero-order valence-corrected chi connectivity index (χ0v) is 22.1. The van der Waals surface area contributed by atoms with Crippen LogP contribution >= 0.6 is 0 Å². The molecule has 1 saturated carbocycles. The second kappa shape index (κ2) is 8.18. The quantitative estimate of drug-likeness (QED) is 0.406. The van der Waals surface area contributed by atoms with Crippen LogP contribution in [0.15, 0.2) is 0 Å². The van der Waals surface area contributed by atoms with E-state index in [1.54, 1.807) is 0 Å². The molecule has 1 aliphatic rings. The van der Waals surface area contributed by atoms with E-state index >= 15 is 0 Å². The van der Waals surface area contributed by atoms with Gasteiger partial charge in [0.25, 0.3) is 10.1 Å². The molecule has 0 aromatic heterocycles. The maximum Gasteiger partial charge on any atom is 0.264 e. The summed E-state index contributed by atoms with van der Waals surface area (Å²) >= 11 is 0. The molecule has 1 rings (SSSR count). The third kappa shape index (κ3) is 7.22. The molecule has 0 radical (unpaired) electrons. The smallest absolute Gasteiger partial charge is 0.264 e. The van der Waals surface area contributed by atoms with E-state index < -0.39 is 26.8 Å². The predicted octanol–water partition coefficient (Wildman–Crippen LogP) is 5.15. The van der Waals surface area contributed by atoms with Crippen molar-refractivity contribution in [2.75, 3.05) is 12.9 Å². The predicted molar refractivity (Wildman–Crippen MR) is 118 cm³/mol. The van der Waals surface area contributed by atoms with Crippen molar-refractivity contribution < 1.29 is 21.5 Å². The number of hydrogen-bond acceptors (Lipinski definition) is 5. The molecule has 5 nitrogen and oxygen atoms in total. The van der Waals surface area contributed by atoms with Gasteiger partial charge in [-0.1, -0.05) is 41.5 Å². The zero-order chi connectivity index (χ0) is 21.5. The molecule has 0 bridgehead atoms. The molecule has 8 heteroatoms. The Morgan fingerprint density at radius 3 is 1.78 bits per heavy atom. The van der Waals surface area contributed by atoms with Crippen molar-refractivity contribution in [3.63, 3.8) is 0 Å². The Kier molecular flexibility index (Phi) is 7.67. The van der Waals surface area contributed by atoms with E-state index in [-0.39, 0.29) is 28.2 Å². The van der Waals surface area contributed by atoms with Gasteiger partial charge in [-0.3, -0.25) is 4.18 Å². The summed E-state index contributed by atoms with van der Waals surface area (Å²) in [6, 6.07) is 0. The van der Waals surface area contributed by atoms with Crippen molar-refractivity contribution in [3.05, 3.63) is 0 Å². The maximum atomic E-state index is 11.6. The van der Waals surface area contributed by atoms with Crippen LogP contribution in [0.5, 0.6) is 0 Å². The van der Waals surface area contributed by atoms with Crippen LogP contribution in [0.4, 0.5) is 0 Å². The molecule has 1 fully saturated rings. The van der Waals surface area contributed by atoms with Gasteiger partial charge in [0.2, 0.25) is 0 Å². The standard InChI is InChI=1S/C19H42O5SSi2/c1-18(2,3)26(8,9)22-14-15-12-16(23-25(7,20)21)13-17(15)24-27(10,11)19(4,5)6/h15-17H,12-14H2,1-11H3/t15-,16-,17-/m0/s1. The molecule has 1 aliphatic carbocycles. The van der Waals surface area contributed by atoms with Crippen molar-refractivity contribution in [2.24, 2.45) is 5.92 Å². The minimum absolute atomic E-state index is 0.0117. The van der Waals surface area contributed by atoms with Crippen molar-refractivity contribution in [3.8, 4) is 0 Å². The number of hydrogen-bond donors (Lipinski definition) is 0. The third-order valence-corrected chi connectivity index (χ3v) is 16.2. The van der Waals surface area contributed by atoms with Gasteiger partial charge in [0.15, 0.2) is 16.6 Å². The second-order valence-corrected chi connectivity index (χ2v) is 22.3. The Bertz CT molecular complexity index is 603. The Balaban J connectivity index is 2.95. The normalized spacial score (nSPS) is 25.8. The third-order valence-electron chi connectivity index (χ3n) is 6.61. The summed E-state index contributed by atoms with van der Waals surface area (Å²) in [6.45, 7) is 22.9. The highest BCUT2D eigenvalue weighted by Crippen LogP contribution is 2.43. The van der Waals surface area contributed by atoms with Crippen LogP contribution in [-0.4, -0.2) is 50.1 Å². The van der Waals surface area contributed by atoms with E-state index in [0.717, 1.165) is 6.26 Å². The first-order chi connectivity index (χ1) is 11.8. The molecule has 0 unspecified atom stereocenters. The van der Waals surface area contributed by atoms with Crippen LogP contribution in [0.1, 0.15) is 54.4 Å². The lowest BCUT2D eigenvalue weighted by Crippen LogP contribution is -2.46. The van der Waals surface area contributed by atoms with Crippen LogP contribution in [0.25, 0.3) is 0 Å². The van der Waals surface area contributed by atoms with Gasteiger partial charge < -0.3 is 8.85 Å². The second-order valence-electron chi connectivity index (χ2n) is 11.1. The molecule has 3 atom stereocenters. The van der Waals surface area contributed by atoms with Gasteiger partial charge in [-0.25, -0.2) is 0 Å². The molecule has 162 valence electrons. The van der Waals surface area contributed by atoms with Gasteiger partial charge in [0.1, 0.15) is 0 Å². The van der Waals surface area contributed by atoms with Crippen LogP contribution in [-0.2, 0) is 23.2 Å². The zero-order valence-electron chi connectivity index (χ0n) is 19.3. The van der Waals surface area contributed by atoms with Gasteiger partial charge in [0, 0.05) is 18.9 Å². The molecule has 0 aromatic rings. The molecule has 27 heavy (non-hydrogen) atoms. The van der Waals surface area contributed by atoms with E-state index in [2.05, 4.69) is 67.7 Å². The van der Waals surface area contributed by atoms with Crippen LogP contribution in [0.3, 0.4) is 0 Å². The molecule has 0 spiro atoms. The lowest BCUT2D eigenvalue weighted by atomic mass is 10.1. The van der Waals surface area contributed by atoms with Gasteiger partial charge in [-0.2, -0.15) is 8.42 Å². The number of rotatable bonds is 7. The SMILES string of the molecule is CC(C)(C)[Si](C)(C)OC[C@@H]1C[C@H](OS(C)(=O)=O)C[C@@H]1O[Si](C)(C)C(C)(C)C. The van der Waals surface area contributed by atoms with E-state index in [1.165, 1.54) is 0 Å². The summed E-state index contributed by atoms with van der Waals surface area (Å²) in [6.07, 6.45) is 2.08. The van der Waals surface area contributed by atoms with Crippen molar-refractivity contribution >= 4 is 26.8 Å². The maximum absolute atomic E-state index is 11.6. The Labute approximate surface area is 169 Å². The average Bonchev–Trinajstić information content (AvgIpc) is 2.72. The first kappa shape index (κ1) is 25.3. The molecular weight excluding hydrogens is 396 g/mol. The Morgan fingerprint density at radius 2 is 1.37 bits per heavy atom. The highest BCUT2D eigenvalue weighted by atomic mass is 32.2. The monoisotopic (exact) mass is 438 g/mol. The topological polar surface area (TPSA) is 61.8 Å². The first-order valence-corrected chi connectivity index (χ1v) is 17.6. The average molecular weight is 439 g/mol. The lowest BCUT2D eigenvalue weighted by Gasteiger charge is -2.41. The van der Waals surface area contributed by atoms with E-state index in [1.807, 2.05) is 0 Å². The van der Waals surface area contributed by atoms with Crippen LogP contribution < -0.4 is 0 Å². The van der Waals surface area contributed by atoms with Crippen LogP contribution in [0.2, 0.25) is 36.3 Å². The molecule has 0 saturated heterocycles. The van der Waals surface area contributed by atoms with Crippen molar-refractivity contribution in [2.45, 2.75) is 103 Å². The fourth-order valence-corrected chi connectivity index (χ4v) is 5.88. The van der Waals surface area contributed by atoms with Gasteiger partial charge >= 0.3 is 0 Å². The summed E-state index contributed by atoms with van der Waals surface area (Å²) in [5.41, 5.74) is 0.